The fraction of sp³-hybridized carbons (Fsp3) is 0.154. The van der Waals surface area contributed by atoms with Crippen molar-refractivity contribution in [3.8, 4) is 0 Å². The number of nitrogens with zero attached hydrogens (tertiary/aromatic N) is 3. The summed E-state index contributed by atoms with van der Waals surface area (Å²) >= 11 is 0. The van der Waals surface area contributed by atoms with Gasteiger partial charge >= 0.3 is 0 Å². The third kappa shape index (κ3) is 2.20. The second-order valence-corrected chi connectivity index (χ2v) is 3.80. The topological polar surface area (TPSA) is 64.2 Å². The zero-order valence-corrected chi connectivity index (χ0v) is 10.2. The number of anilines is 1. The van der Waals surface area contributed by atoms with E-state index in [0.717, 1.165) is 11.3 Å². The van der Waals surface area contributed by atoms with Gasteiger partial charge in [-0.1, -0.05) is 0 Å². The summed E-state index contributed by atoms with van der Waals surface area (Å²) in [5.41, 5.74) is 8.73. The van der Waals surface area contributed by atoms with Crippen LogP contribution in [0, 0.1) is 12.7 Å². The van der Waals surface area contributed by atoms with Crippen LogP contribution in [0.3, 0.4) is 0 Å². The summed E-state index contributed by atoms with van der Waals surface area (Å²) < 4.78 is 12.9. The summed E-state index contributed by atoms with van der Waals surface area (Å²) in [4.78, 5) is 12.3. The van der Waals surface area contributed by atoms with E-state index in [4.69, 9.17) is 5.73 Å². The van der Waals surface area contributed by atoms with Crippen LogP contribution < -0.4 is 5.73 Å². The number of rotatable bonds is 2. The smallest absolute Gasteiger partial charge is 0.136 e. The number of hydrogen-bond acceptors (Lipinski definition) is 4. The highest BCUT2D eigenvalue weighted by atomic mass is 19.1. The van der Waals surface area contributed by atoms with E-state index in [9.17, 15) is 4.39 Å². The molecule has 0 radical (unpaired) electrons. The minimum absolute atomic E-state index is 0.289. The number of hydrogen-bond donors (Lipinski definition) is 1. The molecule has 0 bridgehead atoms. The maximum atomic E-state index is 12.9. The molecule has 4 nitrogen and oxygen atoms in total. The van der Waals surface area contributed by atoms with Crippen molar-refractivity contribution in [2.24, 2.45) is 4.99 Å². The molecule has 2 rings (SSSR count). The lowest BCUT2D eigenvalue weighted by Gasteiger charge is -2.10. The van der Waals surface area contributed by atoms with Gasteiger partial charge < -0.3 is 5.73 Å². The molecule has 0 spiro atoms. The molecule has 1 heterocycles. The number of nitrogen functional groups attached to an aromatic ring is 1. The van der Waals surface area contributed by atoms with E-state index in [1.54, 1.807) is 19.2 Å². The summed E-state index contributed by atoms with van der Waals surface area (Å²) in [7, 11) is 1.66. The molecule has 2 N–H and O–H groups in total. The van der Waals surface area contributed by atoms with Gasteiger partial charge in [0.05, 0.1) is 17.0 Å². The first-order valence-electron chi connectivity index (χ1n) is 5.43. The predicted octanol–water partition coefficient (Wildman–Crippen LogP) is 1.97. The monoisotopic (exact) mass is 244 g/mol. The van der Waals surface area contributed by atoms with Crippen molar-refractivity contribution in [3.63, 3.8) is 0 Å². The van der Waals surface area contributed by atoms with E-state index in [-0.39, 0.29) is 5.82 Å². The molecule has 1 aromatic carbocycles. The van der Waals surface area contributed by atoms with Gasteiger partial charge in [0.15, 0.2) is 0 Å². The summed E-state index contributed by atoms with van der Waals surface area (Å²) in [5, 5.41) is 0. The molecule has 1 aromatic heterocycles. The van der Waals surface area contributed by atoms with Gasteiger partial charge in [0.2, 0.25) is 0 Å². The maximum absolute atomic E-state index is 12.9. The van der Waals surface area contributed by atoms with Gasteiger partial charge in [0, 0.05) is 12.6 Å². The Kier molecular flexibility index (Phi) is 3.32. The molecule has 0 saturated heterocycles. The molecule has 0 amide bonds. The maximum Gasteiger partial charge on any atom is 0.136 e. The Labute approximate surface area is 104 Å². The first kappa shape index (κ1) is 12.2. The highest BCUT2D eigenvalue weighted by molar-refractivity contribution is 6.15. The molecule has 0 aliphatic rings. The van der Waals surface area contributed by atoms with Gasteiger partial charge in [-0.15, -0.1) is 0 Å². The number of benzene rings is 1. The highest BCUT2D eigenvalue weighted by Crippen LogP contribution is 2.18. The molecule has 5 heteroatoms. The van der Waals surface area contributed by atoms with E-state index in [0.29, 0.717) is 17.1 Å². The Bertz CT molecular complexity index is 570. The normalized spacial score (nSPS) is 11.6. The first-order valence-corrected chi connectivity index (χ1v) is 5.43. The zero-order chi connectivity index (χ0) is 13.1. The zero-order valence-electron chi connectivity index (χ0n) is 10.2. The van der Waals surface area contributed by atoms with Gasteiger partial charge in [-0.2, -0.15) is 0 Å². The van der Waals surface area contributed by atoms with Crippen LogP contribution in [0.4, 0.5) is 10.2 Å². The molecule has 0 saturated carbocycles. The van der Waals surface area contributed by atoms with Crippen molar-refractivity contribution in [1.29, 1.82) is 0 Å². The molecular weight excluding hydrogens is 231 g/mol. The summed E-state index contributed by atoms with van der Waals surface area (Å²) in [6, 6.07) is 6.08. The molecule has 2 aromatic rings. The minimum atomic E-state index is -0.289. The average molecular weight is 244 g/mol. The van der Waals surface area contributed by atoms with Crippen LogP contribution in [-0.4, -0.2) is 22.7 Å². The van der Waals surface area contributed by atoms with E-state index in [1.807, 2.05) is 6.92 Å². The Hall–Kier alpha value is -2.30. The van der Waals surface area contributed by atoms with Gasteiger partial charge in [-0.05, 0) is 31.2 Å². The number of aliphatic imine (C=N–C) groups is 1. The van der Waals surface area contributed by atoms with Crippen molar-refractivity contribution in [2.45, 2.75) is 6.92 Å². The van der Waals surface area contributed by atoms with E-state index >= 15 is 0 Å². The standard InChI is InChI=1S/C13H13FN4/c1-8-11(13(15)18-7-17-8)12(16-2)9-3-5-10(14)6-4-9/h3-7H,1-2H3,(H2,15,17,18)/b16-12-. The van der Waals surface area contributed by atoms with Gasteiger partial charge in [0.25, 0.3) is 0 Å². The molecule has 0 aliphatic carbocycles. The Balaban J connectivity index is 2.57. The second kappa shape index (κ2) is 4.91. The van der Waals surface area contributed by atoms with Crippen LogP contribution in [0.5, 0.6) is 0 Å². The Morgan fingerprint density at radius 2 is 1.89 bits per heavy atom. The Morgan fingerprint density at radius 3 is 2.44 bits per heavy atom. The van der Waals surface area contributed by atoms with Crippen LogP contribution >= 0.6 is 0 Å². The third-order valence-electron chi connectivity index (χ3n) is 2.64. The Morgan fingerprint density at radius 1 is 1.22 bits per heavy atom. The molecule has 18 heavy (non-hydrogen) atoms. The van der Waals surface area contributed by atoms with Gasteiger partial charge in [-0.3, -0.25) is 4.99 Å². The fourth-order valence-electron chi connectivity index (χ4n) is 1.78. The van der Waals surface area contributed by atoms with Crippen LogP contribution in [0.25, 0.3) is 0 Å². The molecule has 0 unspecified atom stereocenters. The highest BCUT2D eigenvalue weighted by Gasteiger charge is 2.14. The SMILES string of the molecule is C/N=C(/c1ccc(F)cc1)c1c(C)ncnc1N. The molecular formula is C13H13FN4. The van der Waals surface area contributed by atoms with Crippen molar-refractivity contribution in [2.75, 3.05) is 12.8 Å². The fourth-order valence-corrected chi connectivity index (χ4v) is 1.78. The number of aromatic nitrogens is 2. The molecule has 0 aliphatic heterocycles. The quantitative estimate of drug-likeness (QED) is 0.821. The third-order valence-corrected chi connectivity index (χ3v) is 2.64. The minimum Gasteiger partial charge on any atom is -0.383 e. The first-order chi connectivity index (χ1) is 8.63. The van der Waals surface area contributed by atoms with Crippen LogP contribution in [-0.2, 0) is 0 Å². The second-order valence-electron chi connectivity index (χ2n) is 3.80. The van der Waals surface area contributed by atoms with E-state index < -0.39 is 0 Å². The van der Waals surface area contributed by atoms with E-state index in [2.05, 4.69) is 15.0 Å². The van der Waals surface area contributed by atoms with Crippen molar-refractivity contribution < 1.29 is 4.39 Å². The van der Waals surface area contributed by atoms with Crippen molar-refractivity contribution in [3.05, 3.63) is 53.2 Å². The molecule has 0 fully saturated rings. The van der Waals surface area contributed by atoms with Gasteiger partial charge in [0.1, 0.15) is 18.0 Å². The van der Waals surface area contributed by atoms with Gasteiger partial charge in [-0.25, -0.2) is 14.4 Å². The lowest BCUT2D eigenvalue weighted by atomic mass is 10.0. The largest absolute Gasteiger partial charge is 0.383 e. The lowest BCUT2D eigenvalue weighted by molar-refractivity contribution is 0.628. The number of halogens is 1. The predicted molar refractivity (Wildman–Crippen MR) is 69.1 cm³/mol. The van der Waals surface area contributed by atoms with Crippen LogP contribution in [0.15, 0.2) is 35.6 Å². The van der Waals surface area contributed by atoms with Crippen LogP contribution in [0.2, 0.25) is 0 Å². The van der Waals surface area contributed by atoms with Crippen molar-refractivity contribution in [1.82, 2.24) is 9.97 Å². The number of nitrogens with two attached hydrogens (primary N) is 1. The summed E-state index contributed by atoms with van der Waals surface area (Å²) in [6.07, 6.45) is 1.41. The average Bonchev–Trinajstić information content (AvgIpc) is 2.35. The lowest BCUT2D eigenvalue weighted by Crippen LogP contribution is -2.11. The number of aryl methyl sites for hydroxylation is 1. The summed E-state index contributed by atoms with van der Waals surface area (Å²) in [5.74, 6) is 0.0793. The van der Waals surface area contributed by atoms with Crippen molar-refractivity contribution >= 4 is 11.5 Å². The molecule has 92 valence electrons. The summed E-state index contributed by atoms with van der Waals surface area (Å²) in [6.45, 7) is 1.84. The van der Waals surface area contributed by atoms with Crippen LogP contribution in [0.1, 0.15) is 16.8 Å². The van der Waals surface area contributed by atoms with E-state index in [1.165, 1.54) is 18.5 Å². The molecule has 0 atom stereocenters.